The predicted molar refractivity (Wildman–Crippen MR) is 98.1 cm³/mol. The van der Waals surface area contributed by atoms with Gasteiger partial charge in [0.25, 0.3) is 5.91 Å². The van der Waals surface area contributed by atoms with Gasteiger partial charge in [0.05, 0.1) is 0 Å². The van der Waals surface area contributed by atoms with Crippen molar-refractivity contribution < 1.29 is 4.79 Å². The molecule has 0 aliphatic carbocycles. The van der Waals surface area contributed by atoms with Gasteiger partial charge in [0.2, 0.25) is 0 Å². The molecule has 1 amide bonds. The summed E-state index contributed by atoms with van der Waals surface area (Å²) in [6.07, 6.45) is 1.41. The van der Waals surface area contributed by atoms with Crippen LogP contribution in [0.4, 0.5) is 11.4 Å². The van der Waals surface area contributed by atoms with Gasteiger partial charge < -0.3 is 10.6 Å². The van der Waals surface area contributed by atoms with Crippen LogP contribution in [0.25, 0.3) is 0 Å². The van der Waals surface area contributed by atoms with Crippen LogP contribution < -0.4 is 10.6 Å². The van der Waals surface area contributed by atoms with Crippen LogP contribution in [0.2, 0.25) is 5.02 Å². The molecule has 0 saturated heterocycles. The number of carbonyl (C=O) groups is 1. The Balaban J connectivity index is 2.15. The van der Waals surface area contributed by atoms with E-state index in [2.05, 4.69) is 10.6 Å². The van der Waals surface area contributed by atoms with Gasteiger partial charge in [-0.2, -0.15) is 5.26 Å². The zero-order valence-corrected chi connectivity index (χ0v) is 14.5. The van der Waals surface area contributed by atoms with E-state index >= 15 is 0 Å². The van der Waals surface area contributed by atoms with Crippen molar-refractivity contribution in [2.45, 2.75) is 20.8 Å². The van der Waals surface area contributed by atoms with Crippen LogP contribution in [0.3, 0.4) is 0 Å². The first kappa shape index (κ1) is 17.6. The summed E-state index contributed by atoms with van der Waals surface area (Å²) in [6, 6.07) is 12.9. The summed E-state index contributed by atoms with van der Waals surface area (Å²) in [5.74, 6) is -0.491. The minimum absolute atomic E-state index is 0.0207. The molecule has 0 heterocycles. The molecule has 0 aliphatic rings. The molecule has 2 aromatic carbocycles. The number of rotatable bonds is 4. The number of nitrogens with one attached hydrogen (secondary N) is 2. The van der Waals surface area contributed by atoms with Gasteiger partial charge in [-0.25, -0.2) is 0 Å². The number of hydrogen-bond donors (Lipinski definition) is 2. The fourth-order valence-corrected chi connectivity index (χ4v) is 2.26. The van der Waals surface area contributed by atoms with E-state index in [1.165, 1.54) is 6.20 Å². The standard InChI is InChI=1S/C19H18ClN3O/c1-12-5-4-6-18(14(12)3)22-11-15(10-21)19(24)23-16-8-7-13(2)17(20)9-16/h4-9,11,22H,1-3H3,(H,23,24)/b15-11-. The van der Waals surface area contributed by atoms with E-state index in [0.717, 1.165) is 22.4 Å². The van der Waals surface area contributed by atoms with Gasteiger partial charge in [0.1, 0.15) is 11.6 Å². The fourth-order valence-electron chi connectivity index (χ4n) is 2.08. The highest BCUT2D eigenvalue weighted by atomic mass is 35.5. The van der Waals surface area contributed by atoms with Gasteiger partial charge in [-0.3, -0.25) is 4.79 Å². The van der Waals surface area contributed by atoms with E-state index < -0.39 is 5.91 Å². The van der Waals surface area contributed by atoms with Crippen molar-refractivity contribution in [1.29, 1.82) is 5.26 Å². The molecule has 24 heavy (non-hydrogen) atoms. The minimum Gasteiger partial charge on any atom is -0.360 e. The summed E-state index contributed by atoms with van der Waals surface area (Å²) in [4.78, 5) is 12.2. The molecule has 0 spiro atoms. The van der Waals surface area contributed by atoms with Crippen molar-refractivity contribution in [2.75, 3.05) is 10.6 Å². The normalized spacial score (nSPS) is 10.9. The van der Waals surface area contributed by atoms with Crippen LogP contribution >= 0.6 is 11.6 Å². The topological polar surface area (TPSA) is 64.9 Å². The van der Waals surface area contributed by atoms with Crippen molar-refractivity contribution in [3.05, 3.63) is 69.9 Å². The van der Waals surface area contributed by atoms with Gasteiger partial charge in [-0.15, -0.1) is 0 Å². The number of anilines is 2. The third-order valence-electron chi connectivity index (χ3n) is 3.77. The van der Waals surface area contributed by atoms with Gasteiger partial charge in [0.15, 0.2) is 0 Å². The number of hydrogen-bond acceptors (Lipinski definition) is 3. The first-order valence-electron chi connectivity index (χ1n) is 7.43. The van der Waals surface area contributed by atoms with Crippen LogP contribution in [0, 0.1) is 32.1 Å². The number of aryl methyl sites for hydroxylation is 2. The Labute approximate surface area is 146 Å². The Morgan fingerprint density at radius 1 is 1.17 bits per heavy atom. The quantitative estimate of drug-likeness (QED) is 0.625. The van der Waals surface area contributed by atoms with Crippen LogP contribution in [0.1, 0.15) is 16.7 Å². The number of amides is 1. The molecule has 0 unspecified atom stereocenters. The molecule has 2 rings (SSSR count). The zero-order valence-electron chi connectivity index (χ0n) is 13.8. The second-order valence-electron chi connectivity index (χ2n) is 5.48. The highest BCUT2D eigenvalue weighted by Gasteiger charge is 2.10. The smallest absolute Gasteiger partial charge is 0.267 e. The van der Waals surface area contributed by atoms with Crippen molar-refractivity contribution in [3.63, 3.8) is 0 Å². The molecule has 0 aliphatic heterocycles. The number of carbonyl (C=O) groups excluding carboxylic acids is 1. The summed E-state index contributed by atoms with van der Waals surface area (Å²) in [5.41, 5.74) is 4.50. The molecule has 0 bridgehead atoms. The average Bonchev–Trinajstić information content (AvgIpc) is 2.55. The number of nitrogens with zero attached hydrogens (tertiary/aromatic N) is 1. The second kappa shape index (κ2) is 7.67. The Morgan fingerprint density at radius 2 is 1.92 bits per heavy atom. The Hall–Kier alpha value is -2.77. The minimum atomic E-state index is -0.491. The number of nitriles is 1. The zero-order chi connectivity index (χ0) is 17.7. The lowest BCUT2D eigenvalue weighted by molar-refractivity contribution is -0.112. The molecule has 2 aromatic rings. The molecule has 0 radical (unpaired) electrons. The lowest BCUT2D eigenvalue weighted by Gasteiger charge is -2.09. The third kappa shape index (κ3) is 4.15. The highest BCUT2D eigenvalue weighted by Crippen LogP contribution is 2.21. The maximum absolute atomic E-state index is 12.2. The summed E-state index contributed by atoms with van der Waals surface area (Å²) in [6.45, 7) is 5.86. The monoisotopic (exact) mass is 339 g/mol. The first-order valence-corrected chi connectivity index (χ1v) is 7.80. The molecule has 0 atom stereocenters. The van der Waals surface area contributed by atoms with E-state index in [4.69, 9.17) is 11.6 Å². The predicted octanol–water partition coefficient (Wildman–Crippen LogP) is 4.72. The lowest BCUT2D eigenvalue weighted by atomic mass is 10.1. The van der Waals surface area contributed by atoms with Gasteiger partial charge in [-0.05, 0) is 55.7 Å². The fraction of sp³-hybridized carbons (Fsp3) is 0.158. The van der Waals surface area contributed by atoms with Crippen LogP contribution in [-0.2, 0) is 4.79 Å². The Kier molecular flexibility index (Phi) is 5.62. The molecule has 0 fully saturated rings. The first-order chi connectivity index (χ1) is 11.4. The second-order valence-corrected chi connectivity index (χ2v) is 5.89. The summed E-state index contributed by atoms with van der Waals surface area (Å²) in [5, 5.41) is 15.5. The molecule has 122 valence electrons. The molecule has 4 nitrogen and oxygen atoms in total. The maximum Gasteiger partial charge on any atom is 0.267 e. The number of benzene rings is 2. The highest BCUT2D eigenvalue weighted by molar-refractivity contribution is 6.31. The largest absolute Gasteiger partial charge is 0.360 e. The van der Waals surface area contributed by atoms with Crippen LogP contribution in [-0.4, -0.2) is 5.91 Å². The van der Waals surface area contributed by atoms with E-state index in [1.807, 2.05) is 51.1 Å². The molecule has 0 saturated carbocycles. The number of halogens is 1. The van der Waals surface area contributed by atoms with E-state index in [0.29, 0.717) is 10.7 Å². The molecule has 5 heteroatoms. The van der Waals surface area contributed by atoms with Gasteiger partial charge >= 0.3 is 0 Å². The maximum atomic E-state index is 12.2. The summed E-state index contributed by atoms with van der Waals surface area (Å²) >= 11 is 6.04. The molecular weight excluding hydrogens is 322 g/mol. The van der Waals surface area contributed by atoms with Crippen LogP contribution in [0.15, 0.2) is 48.2 Å². The van der Waals surface area contributed by atoms with Crippen molar-refractivity contribution in [3.8, 4) is 6.07 Å². The van der Waals surface area contributed by atoms with Crippen LogP contribution in [0.5, 0.6) is 0 Å². The Bertz CT molecular complexity index is 850. The van der Waals surface area contributed by atoms with E-state index in [9.17, 15) is 10.1 Å². The Morgan fingerprint density at radius 3 is 2.58 bits per heavy atom. The third-order valence-corrected chi connectivity index (χ3v) is 4.18. The van der Waals surface area contributed by atoms with Crippen molar-refractivity contribution in [2.24, 2.45) is 0 Å². The van der Waals surface area contributed by atoms with Gasteiger partial charge in [-0.1, -0.05) is 29.8 Å². The van der Waals surface area contributed by atoms with Crippen molar-refractivity contribution >= 4 is 28.9 Å². The summed E-state index contributed by atoms with van der Waals surface area (Å²) < 4.78 is 0. The van der Waals surface area contributed by atoms with E-state index in [-0.39, 0.29) is 5.57 Å². The van der Waals surface area contributed by atoms with Crippen molar-refractivity contribution in [1.82, 2.24) is 0 Å². The van der Waals surface area contributed by atoms with Gasteiger partial charge in [0, 0.05) is 22.6 Å². The SMILES string of the molecule is Cc1ccc(NC(=O)/C(C#N)=C\Nc2cccc(C)c2C)cc1Cl. The molecule has 0 aromatic heterocycles. The molecule has 2 N–H and O–H groups in total. The average molecular weight is 340 g/mol. The molecular formula is C19H18ClN3O. The lowest BCUT2D eigenvalue weighted by Crippen LogP contribution is -2.14. The summed E-state index contributed by atoms with van der Waals surface area (Å²) in [7, 11) is 0. The van der Waals surface area contributed by atoms with E-state index in [1.54, 1.807) is 12.1 Å².